The third-order valence-electron chi connectivity index (χ3n) is 9.38. The van der Waals surface area contributed by atoms with Crippen LogP contribution in [0.15, 0.2) is 182 Å². The molecule has 0 saturated heterocycles. The van der Waals surface area contributed by atoms with Crippen LogP contribution in [0.25, 0.3) is 22.3 Å². The number of benzene rings is 7. The van der Waals surface area contributed by atoms with Gasteiger partial charge in [0.05, 0.1) is 16.7 Å². The van der Waals surface area contributed by atoms with Gasteiger partial charge in [-0.2, -0.15) is 22.3 Å². The highest BCUT2D eigenvalue weighted by atomic mass is 19.4. The molecule has 0 atom stereocenters. The monoisotopic (exact) mass is 716 g/mol. The molecular formula is C47H35F3N2O2+2. The maximum atomic E-state index is 12.7. The van der Waals surface area contributed by atoms with Crippen LogP contribution in [0.5, 0.6) is 11.5 Å². The molecule has 2 heterocycles. The quantitative estimate of drug-likeness (QED) is 0.166. The lowest BCUT2D eigenvalue weighted by molar-refractivity contribution is -0.480. The van der Waals surface area contributed by atoms with Gasteiger partial charge in [-0.05, 0) is 47.5 Å². The van der Waals surface area contributed by atoms with Crippen molar-refractivity contribution in [1.82, 2.24) is 0 Å². The summed E-state index contributed by atoms with van der Waals surface area (Å²) in [6.07, 6.45) is -2.44. The summed E-state index contributed by atoms with van der Waals surface area (Å²) in [7, 11) is 0. The second-order valence-electron chi connectivity index (χ2n) is 12.8. The number of rotatable bonds is 5. The van der Waals surface area contributed by atoms with Gasteiger partial charge in [-0.15, -0.1) is 0 Å². The van der Waals surface area contributed by atoms with Gasteiger partial charge in [0.25, 0.3) is 13.5 Å². The number of hydrogen-bond acceptors (Lipinski definition) is 2. The van der Waals surface area contributed by atoms with E-state index in [1.54, 1.807) is 4.58 Å². The van der Waals surface area contributed by atoms with E-state index in [4.69, 9.17) is 9.47 Å². The summed E-state index contributed by atoms with van der Waals surface area (Å²) >= 11 is 0. The zero-order valence-electron chi connectivity index (χ0n) is 29.2. The molecule has 9 rings (SSSR count). The third kappa shape index (κ3) is 7.17. The molecule has 0 unspecified atom stereocenters. The third-order valence-corrected chi connectivity index (χ3v) is 9.38. The van der Waals surface area contributed by atoms with E-state index >= 15 is 0 Å². The van der Waals surface area contributed by atoms with Crippen molar-refractivity contribution in [2.24, 2.45) is 0 Å². The van der Waals surface area contributed by atoms with Crippen LogP contribution in [0.1, 0.15) is 22.3 Å². The maximum absolute atomic E-state index is 12.7. The number of ether oxygens (including phenoxy) is 2. The molecule has 264 valence electrons. The lowest BCUT2D eigenvalue weighted by atomic mass is 9.94. The minimum atomic E-state index is -4.34. The van der Waals surface area contributed by atoms with Crippen molar-refractivity contribution >= 4 is 23.3 Å². The van der Waals surface area contributed by atoms with E-state index in [2.05, 4.69) is 102 Å². The molecule has 0 saturated carbocycles. The topological polar surface area (TPSA) is 24.5 Å². The second-order valence-corrected chi connectivity index (χ2v) is 12.8. The van der Waals surface area contributed by atoms with E-state index in [0.29, 0.717) is 12.4 Å². The highest BCUT2D eigenvalue weighted by Gasteiger charge is 2.32. The molecule has 4 nitrogen and oxygen atoms in total. The normalized spacial score (nSPS) is 13.3. The zero-order valence-corrected chi connectivity index (χ0v) is 29.2. The first kappa shape index (κ1) is 34.4. The minimum absolute atomic E-state index is 0.238. The Hall–Kier alpha value is -6.73. The Labute approximate surface area is 312 Å². The SMILES string of the molecule is FC(F)(F)c1ccc([N+]2=Cc3cccc(-c4ccccc4)c3OC2)cc1.c1ccc(C2=[N+](c3ccccc3)COc3c2cccc3-c2ccccc2)cc1. The molecule has 0 fully saturated rings. The van der Waals surface area contributed by atoms with E-state index in [1.165, 1.54) is 29.0 Å². The predicted molar refractivity (Wildman–Crippen MR) is 207 cm³/mol. The maximum Gasteiger partial charge on any atom is 0.416 e. The van der Waals surface area contributed by atoms with Gasteiger partial charge in [-0.1, -0.05) is 121 Å². The largest absolute Gasteiger partial charge is 0.434 e. The summed E-state index contributed by atoms with van der Waals surface area (Å²) in [5.41, 5.74) is 9.80. The fourth-order valence-corrected chi connectivity index (χ4v) is 6.77. The van der Waals surface area contributed by atoms with Gasteiger partial charge >= 0.3 is 6.18 Å². The van der Waals surface area contributed by atoms with E-state index in [9.17, 15) is 13.2 Å². The number of fused-ring (bicyclic) bond motifs is 2. The Morgan fingerprint density at radius 2 is 0.926 bits per heavy atom. The molecule has 0 aromatic heterocycles. The molecular weight excluding hydrogens is 682 g/mol. The molecule has 2 aliphatic heterocycles. The number of nitrogens with zero attached hydrogens (tertiary/aromatic N) is 2. The van der Waals surface area contributed by atoms with Gasteiger partial charge in [0, 0.05) is 41.0 Å². The van der Waals surface area contributed by atoms with E-state index in [0.717, 1.165) is 57.1 Å². The Bertz CT molecular complexity index is 2450. The van der Waals surface area contributed by atoms with Crippen molar-refractivity contribution in [2.45, 2.75) is 6.18 Å². The van der Waals surface area contributed by atoms with Crippen LogP contribution in [0, 0.1) is 0 Å². The number of para-hydroxylation sites is 3. The van der Waals surface area contributed by atoms with Gasteiger partial charge in [-0.25, -0.2) is 0 Å². The smallest absolute Gasteiger partial charge is 0.416 e. The summed E-state index contributed by atoms with van der Waals surface area (Å²) in [5, 5.41) is 0. The van der Waals surface area contributed by atoms with E-state index in [-0.39, 0.29) is 6.73 Å². The number of alkyl halides is 3. The van der Waals surface area contributed by atoms with Gasteiger partial charge in [0.1, 0.15) is 11.5 Å². The highest BCUT2D eigenvalue weighted by Crippen LogP contribution is 2.38. The van der Waals surface area contributed by atoms with E-state index < -0.39 is 11.7 Å². The molecule has 0 N–H and O–H groups in total. The molecule has 0 bridgehead atoms. The van der Waals surface area contributed by atoms with Crippen LogP contribution >= 0.6 is 0 Å². The average molecular weight is 717 g/mol. The molecule has 0 radical (unpaired) electrons. The van der Waals surface area contributed by atoms with Gasteiger partial charge in [-0.3, -0.25) is 0 Å². The van der Waals surface area contributed by atoms with Crippen molar-refractivity contribution in [3.63, 3.8) is 0 Å². The molecule has 0 spiro atoms. The average Bonchev–Trinajstić information content (AvgIpc) is 3.24. The molecule has 54 heavy (non-hydrogen) atoms. The van der Waals surface area contributed by atoms with Crippen LogP contribution < -0.4 is 9.47 Å². The van der Waals surface area contributed by atoms with Crippen molar-refractivity contribution < 1.29 is 31.8 Å². The standard InChI is InChI=1S/C26H20NO.C21H15F3NO/c1-4-11-20(12-5-1)23-17-10-18-24-25(21-13-6-2-7-14-21)27(19-28-26(23)24)22-15-8-3-9-16-22;22-21(23,24)17-9-11-18(12-10-17)25-13-16-7-4-8-19(20(16)26-14-25)15-5-2-1-3-6-15/h1-18H,19H2;1-13H,14H2/q2*+1. The predicted octanol–water partition coefficient (Wildman–Crippen LogP) is 11.4. The lowest BCUT2D eigenvalue weighted by Gasteiger charge is -2.21. The summed E-state index contributed by atoms with van der Waals surface area (Å²) in [6, 6.07) is 58.6. The summed E-state index contributed by atoms with van der Waals surface area (Å²) in [6.45, 7) is 0.716. The highest BCUT2D eigenvalue weighted by molar-refractivity contribution is 6.13. The molecule has 7 heteroatoms. The Balaban J connectivity index is 0.000000154. The molecule has 0 aliphatic carbocycles. The first-order chi connectivity index (χ1) is 26.4. The Morgan fingerprint density at radius 1 is 0.426 bits per heavy atom. The molecule has 7 aromatic carbocycles. The number of halogens is 3. The summed E-state index contributed by atoms with van der Waals surface area (Å²) in [4.78, 5) is 0. The van der Waals surface area contributed by atoms with Crippen LogP contribution in [-0.2, 0) is 6.18 Å². The van der Waals surface area contributed by atoms with Crippen molar-refractivity contribution in [1.29, 1.82) is 0 Å². The minimum Gasteiger partial charge on any atom is -0.434 e. The Morgan fingerprint density at radius 3 is 1.52 bits per heavy atom. The van der Waals surface area contributed by atoms with Crippen molar-refractivity contribution in [3.8, 4) is 33.8 Å². The fourth-order valence-electron chi connectivity index (χ4n) is 6.77. The molecule has 2 aliphatic rings. The van der Waals surface area contributed by atoms with Gasteiger partial charge in [0.15, 0.2) is 6.21 Å². The zero-order chi connectivity index (χ0) is 36.9. The van der Waals surface area contributed by atoms with Gasteiger partial charge < -0.3 is 9.47 Å². The van der Waals surface area contributed by atoms with Crippen molar-refractivity contribution in [2.75, 3.05) is 13.5 Å². The fraction of sp³-hybridized carbons (Fsp3) is 0.0638. The first-order valence-electron chi connectivity index (χ1n) is 17.6. The van der Waals surface area contributed by atoms with Gasteiger partial charge in [0.2, 0.25) is 17.1 Å². The van der Waals surface area contributed by atoms with Crippen molar-refractivity contribution in [3.05, 3.63) is 204 Å². The number of hydrogen-bond donors (Lipinski definition) is 0. The second kappa shape index (κ2) is 15.1. The Kier molecular flexibility index (Phi) is 9.60. The van der Waals surface area contributed by atoms with Crippen LogP contribution in [0.3, 0.4) is 0 Å². The lowest BCUT2D eigenvalue weighted by Crippen LogP contribution is -2.29. The van der Waals surface area contributed by atoms with E-state index in [1.807, 2.05) is 66.9 Å². The summed E-state index contributed by atoms with van der Waals surface area (Å²) in [5.74, 6) is 1.72. The molecule has 7 aromatic rings. The summed E-state index contributed by atoms with van der Waals surface area (Å²) < 4.78 is 54.5. The molecule has 0 amide bonds. The van der Waals surface area contributed by atoms with Crippen LogP contribution in [0.2, 0.25) is 0 Å². The van der Waals surface area contributed by atoms with Crippen LogP contribution in [-0.4, -0.2) is 34.5 Å². The first-order valence-corrected chi connectivity index (χ1v) is 17.6. The van der Waals surface area contributed by atoms with Crippen LogP contribution in [0.4, 0.5) is 24.5 Å².